The molecule has 0 heterocycles. The van der Waals surface area contributed by atoms with Crippen molar-refractivity contribution in [2.75, 3.05) is 14.1 Å². The van der Waals surface area contributed by atoms with Gasteiger partial charge >= 0.3 is 0 Å². The predicted molar refractivity (Wildman–Crippen MR) is 165 cm³/mol. The molecule has 0 saturated heterocycles. The van der Waals surface area contributed by atoms with Gasteiger partial charge in [-0.1, -0.05) is 97.4 Å². The Morgan fingerprint density at radius 3 is 1.92 bits per heavy atom. The van der Waals surface area contributed by atoms with E-state index in [0.29, 0.717) is 17.6 Å². The van der Waals surface area contributed by atoms with Crippen LogP contribution in [0.5, 0.6) is 0 Å². The molecule has 6 atom stereocenters. The van der Waals surface area contributed by atoms with Gasteiger partial charge in [0, 0.05) is 6.04 Å². The Hall–Kier alpha value is -1.83. The molecule has 0 amide bonds. The zero-order chi connectivity index (χ0) is 25.5. The maximum atomic E-state index is 5.84. The predicted octanol–water partition coefficient (Wildman–Crippen LogP) is 5.64. The standard InChI is InChI=1S/C30H39N3P2S/c1-22(31-30(36)32-29(34)28(33(2)3)23-14-7-4-8-15-23)26-20-13-21-27(26)35(24-16-9-5-10-17-24)25-18-11-6-12-19-25/h4-12,14-19,22,26-29H,13,20-21,34H2,1-3H3,(H2,31,32,36)/t22-,26+,27?,28-,29-/m1/s1. The highest BCUT2D eigenvalue weighted by atomic mass is 32.1. The van der Waals surface area contributed by atoms with Crippen molar-refractivity contribution in [3.8, 4) is 0 Å². The van der Waals surface area contributed by atoms with Crippen LogP contribution in [-0.4, -0.2) is 41.6 Å². The molecule has 0 aliphatic heterocycles. The third-order valence-corrected chi connectivity index (χ3v) is 11.0. The summed E-state index contributed by atoms with van der Waals surface area (Å²) in [4.78, 5) is 2.24. The summed E-state index contributed by atoms with van der Waals surface area (Å²) in [5.41, 5.74) is 1.92. The summed E-state index contributed by atoms with van der Waals surface area (Å²) < 4.78 is 0. The van der Waals surface area contributed by atoms with Gasteiger partial charge < -0.3 is 15.5 Å². The second-order valence-corrected chi connectivity index (χ2v) is 13.5. The molecule has 190 valence electrons. The molecule has 1 aliphatic carbocycles. The lowest BCUT2D eigenvalue weighted by Crippen LogP contribution is -2.50. The zero-order valence-corrected chi connectivity index (χ0v) is 24.4. The van der Waals surface area contributed by atoms with E-state index in [1.54, 1.807) is 0 Å². The molecule has 3 aromatic carbocycles. The second-order valence-electron chi connectivity index (χ2n) is 9.95. The first-order valence-corrected chi connectivity index (χ1v) is 15.4. The molecule has 0 bridgehead atoms. The van der Waals surface area contributed by atoms with Crippen LogP contribution in [0.2, 0.25) is 0 Å². The average molecular weight is 536 g/mol. The van der Waals surface area contributed by atoms with Crippen LogP contribution >= 0.6 is 29.4 Å². The van der Waals surface area contributed by atoms with Crippen LogP contribution in [0.15, 0.2) is 91.0 Å². The normalized spacial score (nSPS) is 20.2. The number of thiocarbonyl (C=S) groups is 1. The molecule has 1 fully saturated rings. The molecule has 0 aromatic heterocycles. The van der Waals surface area contributed by atoms with Crippen LogP contribution in [-0.2, 0) is 0 Å². The van der Waals surface area contributed by atoms with E-state index in [2.05, 4.69) is 137 Å². The fourth-order valence-electron chi connectivity index (χ4n) is 5.64. The molecule has 4 rings (SSSR count). The lowest BCUT2D eigenvalue weighted by molar-refractivity contribution is 0.284. The Balaban J connectivity index is 1.46. The number of nitrogens with zero attached hydrogens (tertiary/aromatic N) is 1. The third kappa shape index (κ3) is 6.73. The Morgan fingerprint density at radius 1 is 0.861 bits per heavy atom. The van der Waals surface area contributed by atoms with Crippen molar-refractivity contribution in [1.29, 1.82) is 0 Å². The van der Waals surface area contributed by atoms with Crippen molar-refractivity contribution < 1.29 is 0 Å². The largest absolute Gasteiger partial charge is 0.360 e. The van der Waals surface area contributed by atoms with Crippen LogP contribution in [0.25, 0.3) is 0 Å². The van der Waals surface area contributed by atoms with Gasteiger partial charge in [-0.05, 0) is 81.7 Å². The highest BCUT2D eigenvalue weighted by Crippen LogP contribution is 2.51. The van der Waals surface area contributed by atoms with E-state index in [4.69, 9.17) is 12.2 Å². The Labute approximate surface area is 226 Å². The molecule has 1 saturated carbocycles. The van der Waals surface area contributed by atoms with Gasteiger partial charge in [-0.2, -0.15) is 0 Å². The average Bonchev–Trinajstić information content (AvgIpc) is 3.35. The van der Waals surface area contributed by atoms with E-state index in [-0.39, 0.29) is 11.8 Å². The van der Waals surface area contributed by atoms with Crippen LogP contribution < -0.4 is 21.2 Å². The van der Waals surface area contributed by atoms with Crippen molar-refractivity contribution in [2.24, 2.45) is 5.92 Å². The molecule has 0 spiro atoms. The summed E-state index contributed by atoms with van der Waals surface area (Å²) >= 11 is 5.84. The van der Waals surface area contributed by atoms with Crippen LogP contribution in [0.1, 0.15) is 37.8 Å². The lowest BCUT2D eigenvalue weighted by atomic mass is 9.99. The van der Waals surface area contributed by atoms with E-state index >= 15 is 0 Å². The molecule has 0 radical (unpaired) electrons. The van der Waals surface area contributed by atoms with Gasteiger partial charge in [-0.3, -0.25) is 0 Å². The summed E-state index contributed by atoms with van der Waals surface area (Å²) in [6.07, 6.45) is 3.80. The van der Waals surface area contributed by atoms with Crippen molar-refractivity contribution >= 4 is 45.1 Å². The topological polar surface area (TPSA) is 27.3 Å². The SMILES string of the molecule is C[C@@H](NC(=S)N[C@H](P)[C@@H](c1ccccc1)N(C)C)[C@@H]1CCCC1P(c1ccccc1)c1ccccc1. The zero-order valence-electron chi connectivity index (χ0n) is 21.5. The van der Waals surface area contributed by atoms with Crippen LogP contribution in [0.4, 0.5) is 0 Å². The first-order valence-electron chi connectivity index (χ1n) is 12.9. The molecule has 3 nitrogen and oxygen atoms in total. The monoisotopic (exact) mass is 535 g/mol. The van der Waals surface area contributed by atoms with E-state index in [1.807, 2.05) is 0 Å². The summed E-state index contributed by atoms with van der Waals surface area (Å²) in [5, 5.41) is 10.9. The Kier molecular flexibility index (Phi) is 9.91. The third-order valence-electron chi connectivity index (χ3n) is 7.27. The number of nitrogens with one attached hydrogen (secondary N) is 2. The second kappa shape index (κ2) is 13.1. The van der Waals surface area contributed by atoms with Crippen LogP contribution in [0, 0.1) is 5.92 Å². The minimum atomic E-state index is -0.429. The molecule has 36 heavy (non-hydrogen) atoms. The maximum absolute atomic E-state index is 5.84. The van der Waals surface area contributed by atoms with Crippen molar-refractivity contribution in [3.05, 3.63) is 96.6 Å². The fourth-order valence-corrected chi connectivity index (χ4v) is 10.1. The smallest absolute Gasteiger partial charge is 0.167 e. The van der Waals surface area contributed by atoms with Gasteiger partial charge in [0.1, 0.15) is 0 Å². The van der Waals surface area contributed by atoms with Gasteiger partial charge in [-0.15, -0.1) is 9.24 Å². The Morgan fingerprint density at radius 2 is 1.39 bits per heavy atom. The number of rotatable bonds is 9. The van der Waals surface area contributed by atoms with Crippen molar-refractivity contribution in [1.82, 2.24) is 15.5 Å². The Bertz CT molecular complexity index is 1040. The maximum Gasteiger partial charge on any atom is 0.167 e. The van der Waals surface area contributed by atoms with Crippen LogP contribution in [0.3, 0.4) is 0 Å². The lowest BCUT2D eigenvalue weighted by Gasteiger charge is -2.35. The van der Waals surface area contributed by atoms with E-state index < -0.39 is 7.92 Å². The van der Waals surface area contributed by atoms with E-state index in [0.717, 1.165) is 5.11 Å². The number of likely N-dealkylation sites (N-methyl/N-ethyl adjacent to an activating group) is 1. The molecule has 6 heteroatoms. The van der Waals surface area contributed by atoms with Gasteiger partial charge in [0.2, 0.25) is 0 Å². The fraction of sp³-hybridized carbons (Fsp3) is 0.367. The summed E-state index contributed by atoms with van der Waals surface area (Å²) in [6.45, 7) is 2.32. The van der Waals surface area contributed by atoms with Gasteiger partial charge in [0.25, 0.3) is 0 Å². The number of benzene rings is 3. The van der Waals surface area contributed by atoms with Gasteiger partial charge in [-0.25, -0.2) is 0 Å². The molecular weight excluding hydrogens is 496 g/mol. The van der Waals surface area contributed by atoms with Gasteiger partial charge in [0.05, 0.1) is 11.8 Å². The summed E-state index contributed by atoms with van der Waals surface area (Å²) in [7, 11) is 6.77. The van der Waals surface area contributed by atoms with Gasteiger partial charge in [0.15, 0.2) is 5.11 Å². The minimum absolute atomic E-state index is 0.0970. The molecular formula is C30H39N3P2S. The first-order chi connectivity index (χ1) is 17.5. The summed E-state index contributed by atoms with van der Waals surface area (Å²) in [5.74, 6) is 0.678. The summed E-state index contributed by atoms with van der Waals surface area (Å²) in [6, 6.07) is 33.4. The minimum Gasteiger partial charge on any atom is -0.360 e. The first kappa shape index (κ1) is 27.2. The number of hydrogen-bond acceptors (Lipinski definition) is 2. The van der Waals surface area contributed by atoms with Crippen molar-refractivity contribution in [2.45, 2.75) is 49.7 Å². The highest BCUT2D eigenvalue weighted by Gasteiger charge is 2.38. The van der Waals surface area contributed by atoms with Crippen molar-refractivity contribution in [3.63, 3.8) is 0 Å². The molecule has 2 N–H and O–H groups in total. The highest BCUT2D eigenvalue weighted by molar-refractivity contribution is 7.80. The molecule has 3 aromatic rings. The molecule has 1 aliphatic rings. The number of hydrogen-bond donors (Lipinski definition) is 2. The van der Waals surface area contributed by atoms with E-state index in [1.165, 1.54) is 35.4 Å². The molecule has 2 unspecified atom stereocenters. The quantitative estimate of drug-likeness (QED) is 0.274. The van der Waals surface area contributed by atoms with E-state index in [9.17, 15) is 0 Å².